The van der Waals surface area contributed by atoms with Crippen LogP contribution in [0.5, 0.6) is 0 Å². The Morgan fingerprint density at radius 1 is 1.50 bits per heavy atom. The number of aromatic nitrogens is 5. The van der Waals surface area contributed by atoms with Crippen molar-refractivity contribution < 1.29 is 9.90 Å². The second kappa shape index (κ2) is 2.95. The van der Waals surface area contributed by atoms with Crippen LogP contribution < -0.4 is 0 Å². The van der Waals surface area contributed by atoms with Crippen molar-refractivity contribution in [1.82, 2.24) is 25.0 Å². The van der Waals surface area contributed by atoms with Gasteiger partial charge in [-0.15, -0.1) is 10.2 Å². The highest BCUT2D eigenvalue weighted by Gasteiger charge is 2.17. The number of hydrogen-bond acceptors (Lipinski definition) is 4. The van der Waals surface area contributed by atoms with Crippen molar-refractivity contribution in [2.24, 2.45) is 0 Å². The lowest BCUT2D eigenvalue weighted by Gasteiger charge is -1.99. The first-order chi connectivity index (χ1) is 6.70. The van der Waals surface area contributed by atoms with E-state index in [4.69, 9.17) is 5.11 Å². The van der Waals surface area contributed by atoms with Crippen molar-refractivity contribution in [2.75, 3.05) is 0 Å². The van der Waals surface area contributed by atoms with Gasteiger partial charge in [-0.25, -0.2) is 4.79 Å². The number of aryl methyl sites for hydroxylation is 1. The molecular weight excluding hydrogens is 186 g/mol. The summed E-state index contributed by atoms with van der Waals surface area (Å²) in [5.41, 5.74) is 1.08. The Balaban J connectivity index is 2.62. The first-order valence-corrected chi connectivity index (χ1v) is 3.83. The van der Waals surface area contributed by atoms with E-state index in [1.807, 2.05) is 0 Å². The van der Waals surface area contributed by atoms with Gasteiger partial charge in [0.2, 0.25) is 0 Å². The van der Waals surface area contributed by atoms with Crippen LogP contribution in [0.1, 0.15) is 16.2 Å². The highest BCUT2D eigenvalue weighted by atomic mass is 16.4. The summed E-state index contributed by atoms with van der Waals surface area (Å²) in [5.74, 6) is -1.09. The summed E-state index contributed by atoms with van der Waals surface area (Å²) in [7, 11) is 0. The van der Waals surface area contributed by atoms with E-state index in [1.165, 1.54) is 17.2 Å². The largest absolute Gasteiger partial charge is 0.476 e. The molecule has 0 aliphatic carbocycles. The van der Waals surface area contributed by atoms with E-state index in [0.717, 1.165) is 0 Å². The molecule has 0 saturated heterocycles. The van der Waals surface area contributed by atoms with E-state index in [0.29, 0.717) is 11.4 Å². The van der Waals surface area contributed by atoms with Crippen molar-refractivity contribution in [1.29, 1.82) is 0 Å². The van der Waals surface area contributed by atoms with Gasteiger partial charge >= 0.3 is 5.97 Å². The van der Waals surface area contributed by atoms with Crippen molar-refractivity contribution in [2.45, 2.75) is 6.92 Å². The molecule has 14 heavy (non-hydrogen) atoms. The van der Waals surface area contributed by atoms with Gasteiger partial charge in [-0.05, 0) is 6.92 Å². The predicted octanol–water partition coefficient (Wildman–Crippen LogP) is -0.00298. The second-order valence-corrected chi connectivity index (χ2v) is 2.72. The average Bonchev–Trinajstić information content (AvgIpc) is 2.71. The van der Waals surface area contributed by atoms with Gasteiger partial charge < -0.3 is 5.11 Å². The number of carboxylic acids is 1. The Hall–Kier alpha value is -2.18. The summed E-state index contributed by atoms with van der Waals surface area (Å²) in [5, 5.41) is 22.3. The number of nitrogens with one attached hydrogen (secondary N) is 1. The molecule has 0 saturated carbocycles. The molecule has 0 aliphatic heterocycles. The molecule has 0 radical (unpaired) electrons. The minimum atomic E-state index is -1.09. The molecule has 0 amide bonds. The fourth-order valence-corrected chi connectivity index (χ4v) is 1.20. The molecule has 0 bridgehead atoms. The van der Waals surface area contributed by atoms with Crippen molar-refractivity contribution >= 4 is 5.97 Å². The lowest BCUT2D eigenvalue weighted by atomic mass is 10.3. The zero-order valence-corrected chi connectivity index (χ0v) is 7.30. The van der Waals surface area contributed by atoms with Crippen LogP contribution in [0.3, 0.4) is 0 Å². The summed E-state index contributed by atoms with van der Waals surface area (Å²) in [6, 6.07) is 0. The Kier molecular flexibility index (Phi) is 1.77. The van der Waals surface area contributed by atoms with Crippen LogP contribution in [-0.4, -0.2) is 36.0 Å². The maximum atomic E-state index is 10.8. The fraction of sp³-hybridized carbons (Fsp3) is 0.143. The zero-order chi connectivity index (χ0) is 10.1. The van der Waals surface area contributed by atoms with E-state index in [1.54, 1.807) is 6.92 Å². The molecule has 7 heteroatoms. The number of aromatic carboxylic acids is 1. The smallest absolute Gasteiger partial charge is 0.358 e. The summed E-state index contributed by atoms with van der Waals surface area (Å²) in [6.07, 6.45) is 2.84. The molecule has 0 atom stereocenters. The molecule has 2 N–H and O–H groups in total. The third-order valence-electron chi connectivity index (χ3n) is 1.79. The van der Waals surface area contributed by atoms with Crippen LogP contribution in [0.4, 0.5) is 0 Å². The van der Waals surface area contributed by atoms with Crippen LogP contribution in [0.25, 0.3) is 5.69 Å². The third-order valence-corrected chi connectivity index (χ3v) is 1.79. The number of H-pyrrole nitrogens is 1. The molecule has 0 unspecified atom stereocenters. The first-order valence-electron chi connectivity index (χ1n) is 3.83. The van der Waals surface area contributed by atoms with Gasteiger partial charge in [0.15, 0.2) is 5.69 Å². The number of nitrogens with zero attached hydrogens (tertiary/aromatic N) is 4. The summed E-state index contributed by atoms with van der Waals surface area (Å²) >= 11 is 0. The monoisotopic (exact) mass is 193 g/mol. The zero-order valence-electron chi connectivity index (χ0n) is 7.30. The maximum Gasteiger partial charge on any atom is 0.358 e. The minimum Gasteiger partial charge on any atom is -0.476 e. The summed E-state index contributed by atoms with van der Waals surface area (Å²) in [4.78, 5) is 10.8. The van der Waals surface area contributed by atoms with Crippen LogP contribution >= 0.6 is 0 Å². The molecule has 0 aromatic carbocycles. The molecule has 2 rings (SSSR count). The second-order valence-electron chi connectivity index (χ2n) is 2.72. The van der Waals surface area contributed by atoms with E-state index < -0.39 is 5.97 Å². The summed E-state index contributed by atoms with van der Waals surface area (Å²) < 4.78 is 1.50. The standard InChI is InChI=1S/C7H7N5O2/c1-4-6(12-2-8-9-3-12)5(7(13)14)11-10-4/h2-3H,1H3,(H,10,11)(H,13,14). The molecule has 7 nitrogen and oxygen atoms in total. The van der Waals surface area contributed by atoms with Gasteiger partial charge in [-0.3, -0.25) is 9.67 Å². The van der Waals surface area contributed by atoms with E-state index in [9.17, 15) is 4.79 Å². The highest BCUT2D eigenvalue weighted by Crippen LogP contribution is 2.15. The van der Waals surface area contributed by atoms with Gasteiger partial charge in [0.25, 0.3) is 0 Å². The van der Waals surface area contributed by atoms with Crippen LogP contribution in [0, 0.1) is 6.92 Å². The number of hydrogen-bond donors (Lipinski definition) is 2. The van der Waals surface area contributed by atoms with E-state index in [2.05, 4.69) is 20.4 Å². The van der Waals surface area contributed by atoms with Crippen molar-refractivity contribution in [3.63, 3.8) is 0 Å². The Bertz CT molecular complexity index is 458. The lowest BCUT2D eigenvalue weighted by Crippen LogP contribution is -2.03. The topological polar surface area (TPSA) is 96.7 Å². The van der Waals surface area contributed by atoms with Gasteiger partial charge in [-0.2, -0.15) is 5.10 Å². The minimum absolute atomic E-state index is 0.0395. The van der Waals surface area contributed by atoms with Gasteiger partial charge in [0.05, 0.1) is 5.69 Å². The van der Waals surface area contributed by atoms with Gasteiger partial charge in [0, 0.05) is 0 Å². The molecule has 0 aliphatic rings. The molecule has 2 aromatic rings. The summed E-state index contributed by atoms with van der Waals surface area (Å²) in [6.45, 7) is 1.73. The Morgan fingerprint density at radius 2 is 2.14 bits per heavy atom. The van der Waals surface area contributed by atoms with Crippen molar-refractivity contribution in [3.05, 3.63) is 24.0 Å². The quantitative estimate of drug-likeness (QED) is 0.699. The Labute approximate surface area is 78.4 Å². The predicted molar refractivity (Wildman–Crippen MR) is 45.2 cm³/mol. The molecule has 72 valence electrons. The number of carbonyl (C=O) groups is 1. The molecule has 0 spiro atoms. The molecular formula is C7H7N5O2. The Morgan fingerprint density at radius 3 is 2.71 bits per heavy atom. The normalized spacial score (nSPS) is 10.4. The highest BCUT2D eigenvalue weighted by molar-refractivity contribution is 5.90. The SMILES string of the molecule is Cc1[nH]nc(C(=O)O)c1-n1cnnc1. The number of rotatable bonds is 2. The van der Waals surface area contributed by atoms with Gasteiger partial charge in [0.1, 0.15) is 18.3 Å². The van der Waals surface area contributed by atoms with Gasteiger partial charge in [-0.1, -0.05) is 0 Å². The van der Waals surface area contributed by atoms with Crippen LogP contribution in [-0.2, 0) is 0 Å². The number of carboxylic acid groups (broad SMARTS) is 1. The average molecular weight is 193 g/mol. The fourth-order valence-electron chi connectivity index (χ4n) is 1.20. The van der Waals surface area contributed by atoms with E-state index in [-0.39, 0.29) is 5.69 Å². The third kappa shape index (κ3) is 1.15. The molecule has 2 aromatic heterocycles. The van der Waals surface area contributed by atoms with Crippen LogP contribution in [0.2, 0.25) is 0 Å². The lowest BCUT2D eigenvalue weighted by molar-refractivity contribution is 0.0690. The maximum absolute atomic E-state index is 10.8. The first kappa shape index (κ1) is 8.42. The molecule has 2 heterocycles. The van der Waals surface area contributed by atoms with Crippen molar-refractivity contribution in [3.8, 4) is 5.69 Å². The van der Waals surface area contributed by atoms with E-state index >= 15 is 0 Å². The van der Waals surface area contributed by atoms with Crippen LogP contribution in [0.15, 0.2) is 12.7 Å². The molecule has 0 fully saturated rings. The number of aromatic amines is 1.